The number of benzene rings is 2. The van der Waals surface area contributed by atoms with Crippen LogP contribution in [0.15, 0.2) is 54.6 Å². The van der Waals surface area contributed by atoms with Crippen molar-refractivity contribution in [3.05, 3.63) is 98.9 Å². The molecule has 3 rings (SSSR count). The average Bonchev–Trinajstić information content (AvgIpc) is 2.68. The molecule has 172 valence electrons. The van der Waals surface area contributed by atoms with Crippen molar-refractivity contribution < 1.29 is 22.3 Å². The van der Waals surface area contributed by atoms with Crippen molar-refractivity contribution in [1.29, 1.82) is 0 Å². The van der Waals surface area contributed by atoms with Gasteiger partial charge in [-0.3, -0.25) is 4.98 Å². The number of pyridine rings is 1. The van der Waals surface area contributed by atoms with Crippen molar-refractivity contribution in [3.63, 3.8) is 0 Å². The fourth-order valence-electron chi connectivity index (χ4n) is 3.75. The van der Waals surface area contributed by atoms with Crippen molar-refractivity contribution in [2.75, 3.05) is 0 Å². The number of para-hydroxylation sites is 2. The molecule has 0 spiro atoms. The van der Waals surface area contributed by atoms with Crippen LogP contribution in [-0.4, -0.2) is 10.5 Å². The summed E-state index contributed by atoms with van der Waals surface area (Å²) in [4.78, 5) is 5.04. The van der Waals surface area contributed by atoms with Gasteiger partial charge < -0.3 is 16.1 Å². The number of hydrogen-bond donors (Lipinski definition) is 0. The van der Waals surface area contributed by atoms with Gasteiger partial charge in [0.2, 0.25) is 0 Å². The Morgan fingerprint density at radius 3 is 1.16 bits per heavy atom. The van der Waals surface area contributed by atoms with Gasteiger partial charge in [0.15, 0.2) is 0 Å². The molecule has 0 bridgehead atoms. The minimum Gasteiger partial charge on any atom is -0.870 e. The van der Waals surface area contributed by atoms with Gasteiger partial charge >= 0.3 is 16.8 Å². The molecule has 4 nitrogen and oxygen atoms in total. The van der Waals surface area contributed by atoms with Crippen LogP contribution >= 0.6 is 0 Å². The van der Waals surface area contributed by atoms with Crippen molar-refractivity contribution >= 4 is 11.4 Å². The van der Waals surface area contributed by atoms with E-state index in [4.69, 9.17) is 15.6 Å². The minimum atomic E-state index is -0.443. The van der Waals surface area contributed by atoms with Crippen LogP contribution in [0.5, 0.6) is 0 Å². The second-order valence-corrected chi connectivity index (χ2v) is 9.23. The molecule has 0 radical (unpaired) electrons. The molecule has 0 aliphatic heterocycles. The van der Waals surface area contributed by atoms with Gasteiger partial charge in [-0.05, 0) is 39.8 Å². The second kappa shape index (κ2) is 10.5. The Balaban J connectivity index is 0.00000256. The van der Waals surface area contributed by atoms with E-state index < -0.39 is 11.1 Å². The molecular formula is C27H34CoN3O. The molecule has 1 aromatic heterocycles. The van der Waals surface area contributed by atoms with E-state index >= 15 is 0 Å². The normalized spacial score (nSPS) is 11.2. The first-order chi connectivity index (χ1) is 14.0. The first-order valence-electron chi connectivity index (χ1n) is 10.6. The molecule has 0 aliphatic carbocycles. The summed E-state index contributed by atoms with van der Waals surface area (Å²) in [6.07, 6.45) is 0. The summed E-state index contributed by atoms with van der Waals surface area (Å²) < 4.78 is 0. The van der Waals surface area contributed by atoms with Crippen LogP contribution in [-0.2, 0) is 27.9 Å². The van der Waals surface area contributed by atoms with Crippen LogP contribution < -0.4 is 0 Å². The second-order valence-electron chi connectivity index (χ2n) is 9.23. The van der Waals surface area contributed by atoms with Crippen molar-refractivity contribution in [2.24, 2.45) is 0 Å². The SMILES string of the molecule is Cc1cccc(C)c1[N-]C(C)(C)c1cccc(C(C)(C)[N-]c2c(C)cccc2C)n1.[Co+3].[OH-]. The number of nitrogens with zero attached hydrogens (tertiary/aromatic N) is 3. The Bertz CT molecular complexity index is 939. The number of hydrogen-bond acceptors (Lipinski definition) is 2. The van der Waals surface area contributed by atoms with Gasteiger partial charge in [0.05, 0.1) is 0 Å². The summed E-state index contributed by atoms with van der Waals surface area (Å²) in [6.45, 7) is 16.9. The van der Waals surface area contributed by atoms with Crippen LogP contribution in [0, 0.1) is 27.7 Å². The molecule has 1 N–H and O–H groups in total. The van der Waals surface area contributed by atoms with Gasteiger partial charge in [-0.1, -0.05) is 103 Å². The summed E-state index contributed by atoms with van der Waals surface area (Å²) in [6, 6.07) is 18.8. The topological polar surface area (TPSA) is 71.1 Å². The zero-order valence-corrected chi connectivity index (χ0v) is 21.4. The Morgan fingerprint density at radius 2 is 0.844 bits per heavy atom. The first kappa shape index (κ1) is 27.7. The quantitative estimate of drug-likeness (QED) is 0.362. The van der Waals surface area contributed by atoms with Crippen molar-refractivity contribution in [2.45, 2.75) is 66.5 Å². The van der Waals surface area contributed by atoms with Gasteiger partial charge in [0, 0.05) is 11.4 Å². The number of aromatic nitrogens is 1. The van der Waals surface area contributed by atoms with Crippen molar-refractivity contribution in [3.8, 4) is 0 Å². The monoisotopic (exact) mass is 475 g/mol. The fourth-order valence-corrected chi connectivity index (χ4v) is 3.75. The molecule has 5 heteroatoms. The Kier molecular flexibility index (Phi) is 9.10. The first-order valence-corrected chi connectivity index (χ1v) is 10.6. The van der Waals surface area contributed by atoms with Gasteiger partial charge in [0.1, 0.15) is 0 Å². The molecule has 0 unspecified atom stereocenters. The van der Waals surface area contributed by atoms with E-state index in [1.165, 1.54) is 22.3 Å². The predicted octanol–water partition coefficient (Wildman–Crippen LogP) is 8.02. The zero-order valence-electron chi connectivity index (χ0n) is 20.3. The summed E-state index contributed by atoms with van der Waals surface area (Å²) in [5, 5.41) is 10.2. The van der Waals surface area contributed by atoms with Crippen molar-refractivity contribution in [1.82, 2.24) is 4.98 Å². The van der Waals surface area contributed by atoms with Crippen LogP contribution in [0.2, 0.25) is 0 Å². The third-order valence-electron chi connectivity index (χ3n) is 5.66. The van der Waals surface area contributed by atoms with E-state index in [2.05, 4.69) is 110 Å². The van der Waals surface area contributed by atoms with E-state index in [0.29, 0.717) is 0 Å². The maximum atomic E-state index is 5.10. The standard InChI is InChI=1S/C27H33N3.Co.H2O/c1-18-12-9-13-19(2)24(18)29-26(5,6)22-16-11-17-23(28-22)27(7,8)30-25-20(3)14-10-15-21(25)4;;/h9-17H,1-8H3;;1H2/q-2;+3;/p-1. The van der Waals surface area contributed by atoms with E-state index in [1.54, 1.807) is 0 Å². The molecule has 0 saturated carbocycles. The minimum absolute atomic E-state index is 0. The Morgan fingerprint density at radius 1 is 0.562 bits per heavy atom. The van der Waals surface area contributed by atoms with E-state index in [1.807, 2.05) is 0 Å². The summed E-state index contributed by atoms with van der Waals surface area (Å²) in [5.74, 6) is 0. The van der Waals surface area contributed by atoms with Gasteiger partial charge in [-0.2, -0.15) is 0 Å². The summed E-state index contributed by atoms with van der Waals surface area (Å²) in [7, 11) is 0. The summed E-state index contributed by atoms with van der Waals surface area (Å²) >= 11 is 0. The third kappa shape index (κ3) is 5.91. The molecule has 0 saturated heterocycles. The van der Waals surface area contributed by atoms with Gasteiger partial charge in [0.25, 0.3) is 0 Å². The van der Waals surface area contributed by atoms with Crippen LogP contribution in [0.1, 0.15) is 61.3 Å². The molecule has 0 atom stereocenters. The molecular weight excluding hydrogens is 441 g/mol. The van der Waals surface area contributed by atoms with Crippen LogP contribution in [0.4, 0.5) is 11.4 Å². The zero-order chi connectivity index (χ0) is 22.1. The van der Waals surface area contributed by atoms with Gasteiger partial charge in [-0.15, -0.1) is 11.4 Å². The van der Waals surface area contributed by atoms with E-state index in [-0.39, 0.29) is 22.3 Å². The number of aryl methyl sites for hydroxylation is 4. The van der Waals surface area contributed by atoms with Crippen LogP contribution in [0.25, 0.3) is 10.6 Å². The summed E-state index contributed by atoms with van der Waals surface area (Å²) in [5.41, 5.74) is 7.86. The molecule has 32 heavy (non-hydrogen) atoms. The predicted molar refractivity (Wildman–Crippen MR) is 130 cm³/mol. The smallest absolute Gasteiger partial charge is 0.870 e. The molecule has 0 amide bonds. The molecule has 3 aromatic rings. The van der Waals surface area contributed by atoms with Gasteiger partial charge in [-0.25, -0.2) is 0 Å². The fraction of sp³-hybridized carbons (Fsp3) is 0.370. The molecule has 2 aromatic carbocycles. The third-order valence-corrected chi connectivity index (χ3v) is 5.66. The van der Waals surface area contributed by atoms with E-state index in [9.17, 15) is 0 Å². The molecule has 0 fully saturated rings. The number of rotatable bonds is 6. The molecule has 1 heterocycles. The Hall–Kier alpha value is -2.34. The van der Waals surface area contributed by atoms with Crippen LogP contribution in [0.3, 0.4) is 0 Å². The Labute approximate surface area is 203 Å². The maximum Gasteiger partial charge on any atom is 3.00 e. The largest absolute Gasteiger partial charge is 3.00 e. The molecule has 0 aliphatic rings. The average molecular weight is 476 g/mol. The van der Waals surface area contributed by atoms with E-state index in [0.717, 1.165) is 22.8 Å². The maximum absolute atomic E-state index is 5.10.